The lowest BCUT2D eigenvalue weighted by Crippen LogP contribution is -2.37. The fraction of sp³-hybridized carbons (Fsp3) is 0.323. The molecule has 1 N–H and O–H groups in total. The lowest BCUT2D eigenvalue weighted by molar-refractivity contribution is -0.0329. The number of halogens is 2. The van der Waals surface area contributed by atoms with E-state index in [1.165, 1.54) is 23.5 Å². The molecule has 42 heavy (non-hydrogen) atoms. The first-order valence-electron chi connectivity index (χ1n) is 13.3. The zero-order valence-corrected chi connectivity index (χ0v) is 24.0. The molecule has 0 radical (unpaired) electrons. The van der Waals surface area contributed by atoms with E-state index < -0.39 is 0 Å². The quantitative estimate of drug-likeness (QED) is 0.227. The van der Waals surface area contributed by atoms with Gasteiger partial charge in [0.1, 0.15) is 0 Å². The highest BCUT2D eigenvalue weighted by molar-refractivity contribution is 6.28. The average molecular weight is 612 g/mol. The smallest absolute Gasteiger partial charge is 0.222 e. The summed E-state index contributed by atoms with van der Waals surface area (Å²) >= 11 is 11.0. The molecule has 222 valence electrons. The van der Waals surface area contributed by atoms with Crippen molar-refractivity contribution in [1.82, 2.24) is 30.2 Å². The van der Waals surface area contributed by atoms with Gasteiger partial charge in [0, 0.05) is 63.1 Å². The highest BCUT2D eigenvalue weighted by Gasteiger charge is 2.22. The summed E-state index contributed by atoms with van der Waals surface area (Å²) in [5.74, 6) is 0. The van der Waals surface area contributed by atoms with Crippen LogP contribution in [-0.2, 0) is 16.0 Å². The monoisotopic (exact) mass is 610 g/mol. The summed E-state index contributed by atoms with van der Waals surface area (Å²) in [5.41, 5.74) is 4.00. The summed E-state index contributed by atoms with van der Waals surface area (Å²) < 4.78 is 11.5. The minimum Gasteiger partial charge on any atom is -0.371 e. The molecule has 2 fully saturated rings. The highest BCUT2D eigenvalue weighted by Crippen LogP contribution is 2.23. The van der Waals surface area contributed by atoms with Crippen molar-refractivity contribution in [3.05, 3.63) is 118 Å². The van der Waals surface area contributed by atoms with E-state index in [0.717, 1.165) is 51.5 Å². The first kappa shape index (κ1) is 33.2. The summed E-state index contributed by atoms with van der Waals surface area (Å²) in [5, 5.41) is 3.75. The molecule has 2 aliphatic heterocycles. The molecule has 2 atom stereocenters. The van der Waals surface area contributed by atoms with Gasteiger partial charge >= 0.3 is 0 Å². The number of nitrogens with one attached hydrogen (secondary N) is 1. The number of aldehydes is 1. The number of rotatable bonds is 5. The van der Waals surface area contributed by atoms with Crippen molar-refractivity contribution in [2.45, 2.75) is 26.2 Å². The van der Waals surface area contributed by atoms with E-state index in [2.05, 4.69) is 54.4 Å². The molecule has 11 heteroatoms. The molecule has 2 saturated heterocycles. The standard InChI is InChI=1S/C15H16ClN3O.C10H13NO.C5H3ClN2O.CH4/c16-15-17-8-12(9-18-15)10-19-6-7-20-14(11-19)13-4-2-1-3-5-13;1-2-4-9(5-3-1)10-8-11-6-7-12-10;6-5-7-1-4(3-9)2-8-5;/h1-5,8-9,14H,6-7,10-11H2;1-5,10-11H,6-8H2;1-3H;1H4. The Labute approximate surface area is 257 Å². The van der Waals surface area contributed by atoms with Crippen LogP contribution in [0.2, 0.25) is 10.6 Å². The minimum atomic E-state index is 0. The topological polar surface area (TPSA) is 102 Å². The first-order valence-corrected chi connectivity index (χ1v) is 14.0. The molecular weight excluding hydrogens is 575 g/mol. The Morgan fingerprint density at radius 3 is 1.90 bits per heavy atom. The Kier molecular flexibility index (Phi) is 14.4. The van der Waals surface area contributed by atoms with Gasteiger partial charge in [-0.25, -0.2) is 19.9 Å². The van der Waals surface area contributed by atoms with E-state index >= 15 is 0 Å². The Bertz CT molecular complexity index is 1300. The van der Waals surface area contributed by atoms with Crippen LogP contribution in [-0.4, -0.2) is 70.5 Å². The number of nitrogens with zero attached hydrogens (tertiary/aromatic N) is 5. The van der Waals surface area contributed by atoms with Crippen molar-refractivity contribution >= 4 is 29.5 Å². The van der Waals surface area contributed by atoms with E-state index in [-0.39, 0.29) is 30.2 Å². The number of aromatic nitrogens is 4. The maximum Gasteiger partial charge on any atom is 0.222 e. The first-order chi connectivity index (χ1) is 20.1. The van der Waals surface area contributed by atoms with Crippen molar-refractivity contribution in [3.8, 4) is 0 Å². The summed E-state index contributed by atoms with van der Waals surface area (Å²) in [6.45, 7) is 6.10. The van der Waals surface area contributed by atoms with Crippen LogP contribution in [0.5, 0.6) is 0 Å². The van der Waals surface area contributed by atoms with E-state index in [0.29, 0.717) is 11.8 Å². The predicted molar refractivity (Wildman–Crippen MR) is 165 cm³/mol. The van der Waals surface area contributed by atoms with Crippen LogP contribution in [0.1, 0.15) is 46.7 Å². The second kappa shape index (κ2) is 18.3. The van der Waals surface area contributed by atoms with E-state index in [9.17, 15) is 4.79 Å². The lowest BCUT2D eigenvalue weighted by atomic mass is 10.1. The van der Waals surface area contributed by atoms with Crippen LogP contribution in [0, 0.1) is 0 Å². The average Bonchev–Trinajstić information content (AvgIpc) is 3.05. The van der Waals surface area contributed by atoms with Crippen LogP contribution in [0.4, 0.5) is 0 Å². The van der Waals surface area contributed by atoms with Crippen LogP contribution >= 0.6 is 23.2 Å². The van der Waals surface area contributed by atoms with Crippen LogP contribution in [0.15, 0.2) is 85.5 Å². The SMILES string of the molecule is C.Clc1ncc(CN2CCOC(c3ccccc3)C2)cn1.O=Cc1cnc(Cl)nc1.c1ccc(C2CNCCO2)cc1. The van der Waals surface area contributed by atoms with Gasteiger partial charge in [-0.05, 0) is 34.3 Å². The molecule has 4 aromatic rings. The third kappa shape index (κ3) is 11.2. The molecule has 9 nitrogen and oxygen atoms in total. The molecule has 0 bridgehead atoms. The molecule has 2 aromatic carbocycles. The van der Waals surface area contributed by atoms with E-state index in [1.807, 2.05) is 36.4 Å². The van der Waals surface area contributed by atoms with E-state index in [4.69, 9.17) is 32.7 Å². The zero-order valence-electron chi connectivity index (χ0n) is 22.5. The normalized spacial score (nSPS) is 18.2. The van der Waals surface area contributed by atoms with Crippen LogP contribution < -0.4 is 5.32 Å². The molecule has 0 aliphatic carbocycles. The second-order valence-electron chi connectivity index (χ2n) is 9.24. The molecule has 4 heterocycles. The fourth-order valence-electron chi connectivity index (χ4n) is 4.22. The Hall–Kier alpha value is -3.31. The van der Waals surface area contributed by atoms with Crippen molar-refractivity contribution in [1.29, 1.82) is 0 Å². The highest BCUT2D eigenvalue weighted by atomic mass is 35.5. The van der Waals surface area contributed by atoms with Gasteiger partial charge in [0.2, 0.25) is 10.6 Å². The molecule has 6 rings (SSSR count). The number of hydrogen-bond acceptors (Lipinski definition) is 9. The summed E-state index contributed by atoms with van der Waals surface area (Å²) in [4.78, 5) is 27.5. The van der Waals surface area contributed by atoms with Crippen molar-refractivity contribution in [3.63, 3.8) is 0 Å². The number of ether oxygens (including phenoxy) is 2. The van der Waals surface area contributed by atoms with Crippen LogP contribution in [0.3, 0.4) is 0 Å². The second-order valence-corrected chi connectivity index (χ2v) is 9.92. The minimum absolute atomic E-state index is 0. The van der Waals surface area contributed by atoms with Gasteiger partial charge in [-0.15, -0.1) is 0 Å². The maximum atomic E-state index is 9.99. The maximum absolute atomic E-state index is 9.99. The summed E-state index contributed by atoms with van der Waals surface area (Å²) in [7, 11) is 0. The third-order valence-electron chi connectivity index (χ3n) is 6.28. The number of morpholine rings is 2. The lowest BCUT2D eigenvalue weighted by Gasteiger charge is -2.33. The van der Waals surface area contributed by atoms with Crippen molar-refractivity contribution < 1.29 is 14.3 Å². The van der Waals surface area contributed by atoms with Crippen LogP contribution in [0.25, 0.3) is 0 Å². The Morgan fingerprint density at radius 1 is 0.810 bits per heavy atom. The molecular formula is C31H36Cl2N6O3. The molecule has 0 saturated carbocycles. The molecule has 2 aliphatic rings. The Morgan fingerprint density at radius 2 is 1.36 bits per heavy atom. The van der Waals surface area contributed by atoms with Gasteiger partial charge in [0.05, 0.1) is 31.0 Å². The van der Waals surface area contributed by atoms with E-state index in [1.54, 1.807) is 12.4 Å². The van der Waals surface area contributed by atoms with Gasteiger partial charge < -0.3 is 14.8 Å². The fourth-order valence-corrected chi connectivity index (χ4v) is 4.42. The summed E-state index contributed by atoms with van der Waals surface area (Å²) in [6, 6.07) is 20.7. The predicted octanol–water partition coefficient (Wildman–Crippen LogP) is 5.63. The van der Waals surface area contributed by atoms with Gasteiger partial charge in [-0.1, -0.05) is 68.1 Å². The van der Waals surface area contributed by atoms with Gasteiger partial charge in [0.25, 0.3) is 0 Å². The number of carbonyl (C=O) groups excluding carboxylic acids is 1. The molecule has 0 spiro atoms. The van der Waals surface area contributed by atoms with Crippen molar-refractivity contribution in [2.75, 3.05) is 39.4 Å². The molecule has 2 aromatic heterocycles. The number of carbonyl (C=O) groups is 1. The van der Waals surface area contributed by atoms with Gasteiger partial charge in [-0.2, -0.15) is 0 Å². The molecule has 0 amide bonds. The van der Waals surface area contributed by atoms with Gasteiger partial charge in [0.15, 0.2) is 6.29 Å². The van der Waals surface area contributed by atoms with Gasteiger partial charge in [-0.3, -0.25) is 9.69 Å². The Balaban J connectivity index is 0.000000188. The number of hydrogen-bond donors (Lipinski definition) is 1. The largest absolute Gasteiger partial charge is 0.371 e. The molecule has 2 unspecified atom stereocenters. The van der Waals surface area contributed by atoms with Crippen molar-refractivity contribution in [2.24, 2.45) is 0 Å². The third-order valence-corrected chi connectivity index (χ3v) is 6.67. The zero-order chi connectivity index (χ0) is 28.7. The summed E-state index contributed by atoms with van der Waals surface area (Å²) in [6.07, 6.45) is 7.34. The number of benzene rings is 2.